The number of hydrogen-bond donors (Lipinski definition) is 1. The van der Waals surface area contributed by atoms with Crippen LogP contribution in [0.5, 0.6) is 0 Å². The van der Waals surface area contributed by atoms with E-state index in [-0.39, 0.29) is 28.9 Å². The predicted molar refractivity (Wildman–Crippen MR) is 111 cm³/mol. The SMILES string of the molecule is O=C(Nc1ccc([C@@H]2SCC(=O)N2c2ccc(C(F)(F)F)cc2)cc1)C1CCCC1. The second-order valence-corrected chi connectivity index (χ2v) is 8.63. The first-order chi connectivity index (χ1) is 14.3. The van der Waals surface area contributed by atoms with E-state index < -0.39 is 11.7 Å². The highest BCUT2D eigenvalue weighted by atomic mass is 32.2. The maximum absolute atomic E-state index is 12.8. The fourth-order valence-electron chi connectivity index (χ4n) is 3.92. The molecule has 0 unspecified atom stereocenters. The van der Waals surface area contributed by atoms with Crippen LogP contribution in [-0.4, -0.2) is 17.6 Å². The normalized spacial score (nSPS) is 20.0. The Hall–Kier alpha value is -2.48. The summed E-state index contributed by atoms with van der Waals surface area (Å²) in [5.74, 6) is 0.217. The van der Waals surface area contributed by atoms with Gasteiger partial charge in [-0.3, -0.25) is 14.5 Å². The summed E-state index contributed by atoms with van der Waals surface area (Å²) >= 11 is 1.42. The van der Waals surface area contributed by atoms with Crippen LogP contribution >= 0.6 is 11.8 Å². The summed E-state index contributed by atoms with van der Waals surface area (Å²) in [5, 5.41) is 2.62. The molecule has 0 radical (unpaired) electrons. The number of hydrogen-bond acceptors (Lipinski definition) is 3. The van der Waals surface area contributed by atoms with Gasteiger partial charge in [-0.25, -0.2) is 0 Å². The number of nitrogens with one attached hydrogen (secondary N) is 1. The van der Waals surface area contributed by atoms with Gasteiger partial charge in [-0.05, 0) is 54.8 Å². The Bertz CT molecular complexity index is 923. The summed E-state index contributed by atoms with van der Waals surface area (Å²) in [4.78, 5) is 26.2. The van der Waals surface area contributed by atoms with E-state index in [1.807, 2.05) is 12.1 Å². The number of carbonyl (C=O) groups is 2. The molecule has 1 aliphatic carbocycles. The Morgan fingerprint density at radius 3 is 2.23 bits per heavy atom. The van der Waals surface area contributed by atoms with Crippen LogP contribution in [0.4, 0.5) is 24.5 Å². The zero-order valence-corrected chi connectivity index (χ0v) is 16.9. The first-order valence-corrected chi connectivity index (χ1v) is 10.9. The molecule has 1 heterocycles. The van der Waals surface area contributed by atoms with Crippen molar-refractivity contribution in [1.82, 2.24) is 0 Å². The highest BCUT2D eigenvalue weighted by molar-refractivity contribution is 8.00. The Balaban J connectivity index is 1.49. The van der Waals surface area contributed by atoms with Gasteiger partial charge in [0.2, 0.25) is 11.8 Å². The van der Waals surface area contributed by atoms with Crippen LogP contribution in [0.2, 0.25) is 0 Å². The van der Waals surface area contributed by atoms with Gasteiger partial charge >= 0.3 is 6.18 Å². The maximum Gasteiger partial charge on any atom is 0.416 e. The predicted octanol–water partition coefficient (Wildman–Crippen LogP) is 5.61. The van der Waals surface area contributed by atoms with Gasteiger partial charge in [0.15, 0.2) is 0 Å². The Labute approximate surface area is 176 Å². The molecule has 1 atom stereocenters. The molecule has 2 aliphatic rings. The van der Waals surface area contributed by atoms with Crippen LogP contribution in [0.1, 0.15) is 42.2 Å². The van der Waals surface area contributed by atoms with Crippen LogP contribution in [0, 0.1) is 5.92 Å². The Morgan fingerprint density at radius 2 is 1.63 bits per heavy atom. The molecule has 2 aromatic rings. The molecule has 4 nitrogen and oxygen atoms in total. The molecule has 1 saturated heterocycles. The quantitative estimate of drug-likeness (QED) is 0.680. The summed E-state index contributed by atoms with van der Waals surface area (Å²) in [6.45, 7) is 0. The van der Waals surface area contributed by atoms with Gasteiger partial charge in [0.05, 0.1) is 11.3 Å². The van der Waals surface area contributed by atoms with E-state index in [2.05, 4.69) is 5.32 Å². The number of amides is 2. The van der Waals surface area contributed by atoms with Crippen molar-refractivity contribution < 1.29 is 22.8 Å². The fraction of sp³-hybridized carbons (Fsp3) is 0.364. The molecule has 0 bridgehead atoms. The number of thioether (sulfide) groups is 1. The molecule has 1 saturated carbocycles. The van der Waals surface area contributed by atoms with E-state index in [1.54, 1.807) is 12.1 Å². The Kier molecular flexibility index (Phi) is 5.77. The standard InChI is InChI=1S/C22H21F3N2O2S/c23-22(24,25)16-7-11-18(12-8-16)27-19(28)13-30-21(27)15-5-9-17(10-6-15)26-20(29)14-3-1-2-4-14/h5-12,14,21H,1-4,13H2,(H,26,29)/t21-/m0/s1. The molecule has 30 heavy (non-hydrogen) atoms. The number of rotatable bonds is 4. The molecule has 1 aliphatic heterocycles. The highest BCUT2D eigenvalue weighted by Gasteiger charge is 2.35. The third-order valence-electron chi connectivity index (χ3n) is 5.53. The van der Waals surface area contributed by atoms with Gasteiger partial charge in [0, 0.05) is 17.3 Å². The molecule has 2 amide bonds. The second kappa shape index (κ2) is 8.34. The van der Waals surface area contributed by atoms with Crippen LogP contribution in [0.15, 0.2) is 48.5 Å². The summed E-state index contributed by atoms with van der Waals surface area (Å²) in [6, 6.07) is 11.9. The van der Waals surface area contributed by atoms with Crippen molar-refractivity contribution in [2.75, 3.05) is 16.0 Å². The molecule has 8 heteroatoms. The number of nitrogens with zero attached hydrogens (tertiary/aromatic N) is 1. The molecule has 2 fully saturated rings. The highest BCUT2D eigenvalue weighted by Crippen LogP contribution is 2.42. The lowest BCUT2D eigenvalue weighted by atomic mass is 10.1. The summed E-state index contributed by atoms with van der Waals surface area (Å²) in [6.07, 6.45) is -0.395. The molecule has 1 N–H and O–H groups in total. The third-order valence-corrected chi connectivity index (χ3v) is 6.74. The molecule has 2 aromatic carbocycles. The second-order valence-electron chi connectivity index (χ2n) is 7.56. The van der Waals surface area contributed by atoms with E-state index in [0.717, 1.165) is 43.4 Å². The van der Waals surface area contributed by atoms with Crippen LogP contribution in [0.3, 0.4) is 0 Å². The minimum Gasteiger partial charge on any atom is -0.326 e. The number of anilines is 2. The minimum atomic E-state index is -4.42. The van der Waals surface area contributed by atoms with Gasteiger partial charge in [-0.15, -0.1) is 11.8 Å². The van der Waals surface area contributed by atoms with Crippen LogP contribution in [0.25, 0.3) is 0 Å². The van der Waals surface area contributed by atoms with Crippen LogP contribution in [-0.2, 0) is 15.8 Å². The summed E-state index contributed by atoms with van der Waals surface area (Å²) in [5.41, 5.74) is 1.24. The van der Waals surface area contributed by atoms with Crippen molar-refractivity contribution in [3.63, 3.8) is 0 Å². The van der Waals surface area contributed by atoms with Gasteiger partial charge in [0.1, 0.15) is 5.37 Å². The van der Waals surface area contributed by atoms with Crippen molar-refractivity contribution in [2.24, 2.45) is 5.92 Å². The average Bonchev–Trinajstić information content (AvgIpc) is 3.38. The fourth-order valence-corrected chi connectivity index (χ4v) is 5.10. The summed E-state index contributed by atoms with van der Waals surface area (Å²) < 4.78 is 38.5. The molecular formula is C22H21F3N2O2S. The number of halogens is 3. The van der Waals surface area contributed by atoms with Crippen molar-refractivity contribution >= 4 is 35.0 Å². The van der Waals surface area contributed by atoms with E-state index in [9.17, 15) is 22.8 Å². The Morgan fingerprint density at radius 1 is 1.00 bits per heavy atom. The molecular weight excluding hydrogens is 413 g/mol. The monoisotopic (exact) mass is 434 g/mol. The van der Waals surface area contributed by atoms with Gasteiger partial charge in [0.25, 0.3) is 0 Å². The maximum atomic E-state index is 12.8. The molecule has 0 spiro atoms. The molecule has 0 aromatic heterocycles. The van der Waals surface area contributed by atoms with E-state index in [1.165, 1.54) is 28.8 Å². The molecule has 4 rings (SSSR count). The average molecular weight is 434 g/mol. The summed E-state index contributed by atoms with van der Waals surface area (Å²) in [7, 11) is 0. The first-order valence-electron chi connectivity index (χ1n) is 9.85. The van der Waals surface area contributed by atoms with Crippen molar-refractivity contribution in [3.05, 3.63) is 59.7 Å². The largest absolute Gasteiger partial charge is 0.416 e. The minimum absolute atomic E-state index is 0.0389. The zero-order chi connectivity index (χ0) is 21.3. The number of benzene rings is 2. The first kappa shape index (κ1) is 20.8. The van der Waals surface area contributed by atoms with Crippen molar-refractivity contribution in [3.8, 4) is 0 Å². The van der Waals surface area contributed by atoms with Gasteiger partial charge in [-0.2, -0.15) is 13.2 Å². The van der Waals surface area contributed by atoms with Crippen molar-refractivity contribution in [2.45, 2.75) is 37.2 Å². The zero-order valence-electron chi connectivity index (χ0n) is 16.1. The van der Waals surface area contributed by atoms with Gasteiger partial charge < -0.3 is 5.32 Å². The number of alkyl halides is 3. The number of carbonyl (C=O) groups excluding carboxylic acids is 2. The van der Waals surface area contributed by atoms with E-state index >= 15 is 0 Å². The lowest BCUT2D eigenvalue weighted by Gasteiger charge is -2.25. The van der Waals surface area contributed by atoms with Crippen molar-refractivity contribution in [1.29, 1.82) is 0 Å². The van der Waals surface area contributed by atoms with E-state index in [0.29, 0.717) is 11.4 Å². The molecule has 158 valence electrons. The van der Waals surface area contributed by atoms with Crippen LogP contribution < -0.4 is 10.2 Å². The van der Waals surface area contributed by atoms with E-state index in [4.69, 9.17) is 0 Å². The topological polar surface area (TPSA) is 49.4 Å². The lowest BCUT2D eigenvalue weighted by molar-refractivity contribution is -0.137. The smallest absolute Gasteiger partial charge is 0.326 e. The third kappa shape index (κ3) is 4.33. The lowest BCUT2D eigenvalue weighted by Crippen LogP contribution is -2.27. The van der Waals surface area contributed by atoms with Gasteiger partial charge in [-0.1, -0.05) is 25.0 Å².